The molecule has 1 aromatic heterocycles. The Balaban J connectivity index is 2.53. The van der Waals surface area contributed by atoms with Crippen LogP contribution in [0.3, 0.4) is 0 Å². The van der Waals surface area contributed by atoms with Crippen LogP contribution in [0.15, 0.2) is 12.2 Å². The van der Waals surface area contributed by atoms with Crippen LogP contribution in [-0.4, -0.2) is 36.1 Å². The Labute approximate surface area is 162 Å². The molecule has 8 nitrogen and oxygen atoms in total. The first-order chi connectivity index (χ1) is 12.5. The number of aromatic nitrogens is 1. The maximum atomic E-state index is 12.7. The average Bonchev–Trinajstić information content (AvgIpc) is 2.76. The lowest BCUT2D eigenvalue weighted by Crippen LogP contribution is -2.34. The third-order valence-corrected chi connectivity index (χ3v) is 4.90. The predicted molar refractivity (Wildman–Crippen MR) is 96.9 cm³/mol. The molecule has 2 rings (SSSR count). The van der Waals surface area contributed by atoms with Gasteiger partial charge in [0.25, 0.3) is 0 Å². The van der Waals surface area contributed by atoms with Crippen LogP contribution < -0.4 is 20.9 Å². The van der Waals surface area contributed by atoms with Crippen molar-refractivity contribution < 1.29 is 35.3 Å². The monoisotopic (exact) mass is 441 g/mol. The minimum Gasteiger partial charge on any atom is -0.444 e. The Bertz CT molecular complexity index is 1030. The average molecular weight is 441 g/mol. The molecule has 0 radical (unpaired) electrons. The van der Waals surface area contributed by atoms with Gasteiger partial charge in [-0.15, -0.1) is 0 Å². The first-order valence-corrected chi connectivity index (χ1v) is 9.94. The fraction of sp³-hybridized carbons (Fsp3) is 0.467. The highest BCUT2D eigenvalue weighted by atomic mass is 32.2. The van der Waals surface area contributed by atoms with E-state index in [4.69, 9.17) is 10.5 Å². The van der Waals surface area contributed by atoms with Gasteiger partial charge in [0.2, 0.25) is 0 Å². The van der Waals surface area contributed by atoms with Gasteiger partial charge in [0.1, 0.15) is 11.0 Å². The highest BCUT2D eigenvalue weighted by Gasteiger charge is 2.49. The second-order valence-electron chi connectivity index (χ2n) is 7.05. The molecule has 0 aromatic carbocycles. The number of carbonyl (C=O) groups excluding carboxylic acids is 1. The molecule has 3 N–H and O–H groups in total. The lowest BCUT2D eigenvalue weighted by molar-refractivity contribution is -0.0509. The molecular formula is C15H18F3N3O5S2. The number of ether oxygens (including phenoxy) is 1. The summed E-state index contributed by atoms with van der Waals surface area (Å²) in [6.07, 6.45) is 2.87. The van der Waals surface area contributed by atoms with Gasteiger partial charge in [0.15, 0.2) is 10.9 Å². The Morgan fingerprint density at radius 3 is 2.46 bits per heavy atom. The molecule has 1 atom stereocenters. The molecule has 0 saturated heterocycles. The van der Waals surface area contributed by atoms with E-state index in [9.17, 15) is 26.4 Å². The summed E-state index contributed by atoms with van der Waals surface area (Å²) in [6, 6.07) is 0. The summed E-state index contributed by atoms with van der Waals surface area (Å²) in [7, 11) is -5.92. The van der Waals surface area contributed by atoms with Crippen molar-refractivity contribution in [1.29, 1.82) is 0 Å². The SMILES string of the molecule is CC1(N)C=CC(OS(=O)(=O)C(F)(F)F)=c2nc(NC(=O)OC(C)(C)C)sc2=C1. The summed E-state index contributed by atoms with van der Waals surface area (Å²) in [6.45, 7) is 6.46. The molecule has 1 aromatic rings. The highest BCUT2D eigenvalue weighted by molar-refractivity contribution is 7.87. The fourth-order valence-electron chi connectivity index (χ4n) is 1.95. The Hall–Kier alpha value is -2.12. The van der Waals surface area contributed by atoms with E-state index in [0.29, 0.717) is 0 Å². The zero-order chi connectivity index (χ0) is 21.5. The van der Waals surface area contributed by atoms with Gasteiger partial charge in [-0.3, -0.25) is 5.32 Å². The van der Waals surface area contributed by atoms with Gasteiger partial charge in [-0.05, 0) is 39.8 Å². The molecule has 28 heavy (non-hydrogen) atoms. The van der Waals surface area contributed by atoms with Crippen molar-refractivity contribution in [2.75, 3.05) is 5.32 Å². The number of hydrogen-bond acceptors (Lipinski definition) is 8. The minimum absolute atomic E-state index is 0.0351. The quantitative estimate of drug-likeness (QED) is 0.539. The highest BCUT2D eigenvalue weighted by Crippen LogP contribution is 2.27. The van der Waals surface area contributed by atoms with E-state index in [1.54, 1.807) is 20.8 Å². The second-order valence-corrected chi connectivity index (χ2v) is 9.62. The van der Waals surface area contributed by atoms with Crippen molar-refractivity contribution in [2.45, 2.75) is 44.3 Å². The molecule has 0 fully saturated rings. The number of carbonyl (C=O) groups is 1. The van der Waals surface area contributed by atoms with E-state index in [2.05, 4.69) is 14.5 Å². The third-order valence-electron chi connectivity index (χ3n) is 3.01. The van der Waals surface area contributed by atoms with E-state index in [-0.39, 0.29) is 15.0 Å². The molecular weight excluding hydrogens is 423 g/mol. The van der Waals surface area contributed by atoms with E-state index in [1.165, 1.54) is 19.1 Å². The topological polar surface area (TPSA) is 121 Å². The maximum absolute atomic E-state index is 12.7. The van der Waals surface area contributed by atoms with Crippen LogP contribution in [-0.2, 0) is 19.0 Å². The van der Waals surface area contributed by atoms with Crippen LogP contribution in [0.1, 0.15) is 27.7 Å². The lowest BCUT2D eigenvalue weighted by atomic mass is 10.0. The summed E-state index contributed by atoms with van der Waals surface area (Å²) in [5, 5.41) is 2.09. The number of alkyl halides is 3. The molecule has 0 saturated carbocycles. The summed E-state index contributed by atoms with van der Waals surface area (Å²) in [4.78, 5) is 15.8. The van der Waals surface area contributed by atoms with Gasteiger partial charge >= 0.3 is 21.7 Å². The van der Waals surface area contributed by atoms with Gasteiger partial charge in [0, 0.05) is 0 Å². The molecule has 13 heteroatoms. The summed E-state index contributed by atoms with van der Waals surface area (Å²) in [5.74, 6) is -0.675. The normalized spacial score (nSPS) is 20.1. The maximum Gasteiger partial charge on any atom is 0.534 e. The standard InChI is InChI=1S/C15H18F3N3O5S2/c1-13(2,3)25-12(22)21-11-20-10-8(26-28(23,24)15(16,17)18)5-6-14(4,19)7-9(10)27-11/h5-7H,19H2,1-4H3,(H,20,21,22). The van der Waals surface area contributed by atoms with E-state index in [1.807, 2.05) is 0 Å². The number of rotatable bonds is 3. The van der Waals surface area contributed by atoms with Crippen molar-refractivity contribution in [3.63, 3.8) is 0 Å². The molecule has 0 aliphatic heterocycles. The van der Waals surface area contributed by atoms with Gasteiger partial charge in [0.05, 0.1) is 10.1 Å². The van der Waals surface area contributed by atoms with Crippen LogP contribution in [0.5, 0.6) is 0 Å². The minimum atomic E-state index is -5.92. The molecule has 1 aliphatic carbocycles. The fourth-order valence-corrected chi connectivity index (χ4v) is 3.45. The van der Waals surface area contributed by atoms with Gasteiger partial charge in [-0.2, -0.15) is 21.6 Å². The number of nitrogens with one attached hydrogen (secondary N) is 1. The molecule has 1 aliphatic rings. The predicted octanol–water partition coefficient (Wildman–Crippen LogP) is 1.53. The smallest absolute Gasteiger partial charge is 0.444 e. The number of fused-ring (bicyclic) bond motifs is 1. The number of anilines is 1. The van der Waals surface area contributed by atoms with Crippen LogP contribution in [0, 0.1) is 0 Å². The zero-order valence-electron chi connectivity index (χ0n) is 15.2. The van der Waals surface area contributed by atoms with Gasteiger partial charge in [-0.1, -0.05) is 17.4 Å². The van der Waals surface area contributed by atoms with Crippen LogP contribution in [0.4, 0.5) is 23.1 Å². The van der Waals surface area contributed by atoms with Crippen molar-refractivity contribution in [3.05, 3.63) is 22.0 Å². The lowest BCUT2D eigenvalue weighted by Gasteiger charge is -2.18. The first kappa shape index (κ1) is 22.2. The molecule has 1 heterocycles. The van der Waals surface area contributed by atoms with Crippen LogP contribution in [0.25, 0.3) is 11.8 Å². The first-order valence-electron chi connectivity index (χ1n) is 7.72. The largest absolute Gasteiger partial charge is 0.534 e. The Morgan fingerprint density at radius 2 is 1.93 bits per heavy atom. The van der Waals surface area contributed by atoms with E-state index < -0.39 is 38.6 Å². The molecule has 1 unspecified atom stereocenters. The summed E-state index contributed by atoms with van der Waals surface area (Å²) >= 11 is 0.867. The number of hydrogen-bond donors (Lipinski definition) is 2. The number of halogens is 3. The third kappa shape index (κ3) is 5.45. The van der Waals surface area contributed by atoms with Crippen LogP contribution in [0.2, 0.25) is 0 Å². The van der Waals surface area contributed by atoms with Crippen molar-refractivity contribution >= 4 is 44.5 Å². The second kappa shape index (κ2) is 7.04. The zero-order valence-corrected chi connectivity index (χ0v) is 16.9. The molecule has 0 bridgehead atoms. The number of nitrogens with two attached hydrogens (primary N) is 1. The number of nitrogens with zero attached hydrogens (tertiary/aromatic N) is 1. The van der Waals surface area contributed by atoms with Gasteiger partial charge < -0.3 is 14.7 Å². The van der Waals surface area contributed by atoms with Crippen molar-refractivity contribution in [1.82, 2.24) is 4.98 Å². The molecule has 1 amide bonds. The Kier molecular flexibility index (Phi) is 5.58. The summed E-state index contributed by atoms with van der Waals surface area (Å²) < 4.78 is 70.3. The van der Waals surface area contributed by atoms with Crippen LogP contribution >= 0.6 is 11.3 Å². The number of amides is 1. The Morgan fingerprint density at radius 1 is 1.32 bits per heavy atom. The summed E-state index contributed by atoms with van der Waals surface area (Å²) in [5.41, 5.74) is -1.55. The van der Waals surface area contributed by atoms with Crippen molar-refractivity contribution in [3.8, 4) is 0 Å². The number of thiazole rings is 1. The van der Waals surface area contributed by atoms with E-state index >= 15 is 0 Å². The van der Waals surface area contributed by atoms with E-state index in [0.717, 1.165) is 17.4 Å². The molecule has 0 spiro atoms. The van der Waals surface area contributed by atoms with Crippen molar-refractivity contribution in [2.24, 2.45) is 5.73 Å². The van der Waals surface area contributed by atoms with Gasteiger partial charge in [-0.25, -0.2) is 9.78 Å². The molecule has 156 valence electrons.